The average molecular weight is 462 g/mol. The second kappa shape index (κ2) is 10.3. The lowest BCUT2D eigenvalue weighted by atomic mass is 10.1. The third-order valence-electron chi connectivity index (χ3n) is 5.18. The zero-order chi connectivity index (χ0) is 24.1. The van der Waals surface area contributed by atoms with E-state index in [1.807, 2.05) is 0 Å². The lowest BCUT2D eigenvalue weighted by Gasteiger charge is -2.15. The first-order valence-electron chi connectivity index (χ1n) is 10.8. The summed E-state index contributed by atoms with van der Waals surface area (Å²) in [4.78, 5) is 24.7. The van der Waals surface area contributed by atoms with Crippen molar-refractivity contribution in [3.05, 3.63) is 94.5 Å². The van der Waals surface area contributed by atoms with E-state index in [0.29, 0.717) is 33.3 Å². The summed E-state index contributed by atoms with van der Waals surface area (Å²) in [6, 6.07) is 19.2. The van der Waals surface area contributed by atoms with E-state index in [1.54, 1.807) is 67.6 Å². The lowest BCUT2D eigenvalue weighted by molar-refractivity contribution is 0.0526. The van der Waals surface area contributed by atoms with E-state index in [2.05, 4.69) is 5.10 Å². The van der Waals surface area contributed by atoms with E-state index >= 15 is 0 Å². The van der Waals surface area contributed by atoms with Gasteiger partial charge in [0.2, 0.25) is 0 Å². The maximum atomic E-state index is 13.4. The lowest BCUT2D eigenvalue weighted by Crippen LogP contribution is -2.32. The van der Waals surface area contributed by atoms with Gasteiger partial charge in [-0.1, -0.05) is 18.2 Å². The number of aliphatic hydroxyl groups is 1. The molecular weight excluding hydrogens is 439 g/mol. The van der Waals surface area contributed by atoms with Crippen LogP contribution in [0.5, 0.6) is 5.75 Å². The maximum Gasteiger partial charge on any atom is 0.338 e. The van der Waals surface area contributed by atoms with Crippen molar-refractivity contribution in [2.75, 3.05) is 13.2 Å². The fourth-order valence-electron chi connectivity index (χ4n) is 3.53. The Bertz CT molecular complexity index is 1350. The molecular formula is C26H23FN2O5. The van der Waals surface area contributed by atoms with Gasteiger partial charge in [0.15, 0.2) is 0 Å². The second-order valence-corrected chi connectivity index (χ2v) is 7.60. The summed E-state index contributed by atoms with van der Waals surface area (Å²) in [5.41, 5.74) is 1.21. The molecule has 1 aromatic heterocycles. The molecule has 34 heavy (non-hydrogen) atoms. The number of fused-ring (bicyclic) bond motifs is 1. The molecule has 1 heterocycles. The van der Waals surface area contributed by atoms with Crippen LogP contribution in [0.3, 0.4) is 0 Å². The van der Waals surface area contributed by atoms with Gasteiger partial charge in [0, 0.05) is 10.9 Å². The summed E-state index contributed by atoms with van der Waals surface area (Å²) < 4.78 is 25.1. The summed E-state index contributed by atoms with van der Waals surface area (Å²) in [7, 11) is 0. The Hall–Kier alpha value is -4.04. The summed E-state index contributed by atoms with van der Waals surface area (Å²) in [6.45, 7) is 1.83. The van der Waals surface area contributed by atoms with Crippen LogP contribution in [0, 0.1) is 5.82 Å². The molecule has 0 aliphatic rings. The van der Waals surface area contributed by atoms with Crippen LogP contribution in [-0.4, -0.2) is 40.2 Å². The van der Waals surface area contributed by atoms with Crippen LogP contribution in [0.25, 0.3) is 22.0 Å². The number of nitrogens with zero attached hydrogens (tertiary/aromatic N) is 2. The first kappa shape index (κ1) is 23.1. The third kappa shape index (κ3) is 5.13. The summed E-state index contributed by atoms with van der Waals surface area (Å²) in [5, 5.41) is 16.1. The van der Waals surface area contributed by atoms with Crippen molar-refractivity contribution in [3.8, 4) is 17.0 Å². The van der Waals surface area contributed by atoms with Crippen molar-refractivity contribution in [1.82, 2.24) is 9.78 Å². The van der Waals surface area contributed by atoms with Crippen LogP contribution in [0.15, 0.2) is 77.6 Å². The zero-order valence-electron chi connectivity index (χ0n) is 18.5. The van der Waals surface area contributed by atoms with Crippen molar-refractivity contribution < 1.29 is 23.8 Å². The smallest absolute Gasteiger partial charge is 0.338 e. The molecule has 0 amide bonds. The quantitative estimate of drug-likeness (QED) is 0.401. The Labute approximate surface area is 195 Å². The Balaban J connectivity index is 1.52. The number of rotatable bonds is 8. The van der Waals surface area contributed by atoms with Crippen molar-refractivity contribution in [2.45, 2.75) is 19.6 Å². The van der Waals surface area contributed by atoms with E-state index < -0.39 is 12.1 Å². The molecule has 1 unspecified atom stereocenters. The highest BCUT2D eigenvalue weighted by Gasteiger charge is 2.15. The molecule has 0 saturated carbocycles. The summed E-state index contributed by atoms with van der Waals surface area (Å²) in [5.74, 6) is -0.338. The second-order valence-electron chi connectivity index (χ2n) is 7.60. The molecule has 0 aliphatic heterocycles. The molecule has 0 aliphatic carbocycles. The minimum absolute atomic E-state index is 0.0917. The minimum Gasteiger partial charge on any atom is -0.491 e. The van der Waals surface area contributed by atoms with Gasteiger partial charge >= 0.3 is 5.97 Å². The number of aromatic nitrogens is 2. The fourth-order valence-corrected chi connectivity index (χ4v) is 3.53. The van der Waals surface area contributed by atoms with Gasteiger partial charge in [-0.25, -0.2) is 13.9 Å². The molecule has 1 atom stereocenters. The zero-order valence-corrected chi connectivity index (χ0v) is 18.5. The number of ether oxygens (including phenoxy) is 2. The Kier molecular flexibility index (Phi) is 6.98. The van der Waals surface area contributed by atoms with Crippen molar-refractivity contribution in [1.29, 1.82) is 0 Å². The number of carbonyl (C=O) groups is 1. The fraction of sp³-hybridized carbons (Fsp3) is 0.192. The van der Waals surface area contributed by atoms with Gasteiger partial charge in [-0.05, 0) is 61.5 Å². The van der Waals surface area contributed by atoms with E-state index in [-0.39, 0.29) is 31.1 Å². The van der Waals surface area contributed by atoms with Gasteiger partial charge in [0.25, 0.3) is 5.56 Å². The molecule has 0 fully saturated rings. The Morgan fingerprint density at radius 1 is 1.03 bits per heavy atom. The number of hydrogen-bond acceptors (Lipinski definition) is 6. The molecule has 4 rings (SSSR count). The number of halogens is 1. The molecule has 8 heteroatoms. The Morgan fingerprint density at radius 3 is 2.38 bits per heavy atom. The van der Waals surface area contributed by atoms with E-state index in [1.165, 1.54) is 16.8 Å². The van der Waals surface area contributed by atoms with Crippen molar-refractivity contribution >= 4 is 16.7 Å². The normalized spacial score (nSPS) is 11.9. The monoisotopic (exact) mass is 462 g/mol. The highest BCUT2D eigenvalue weighted by molar-refractivity contribution is 5.93. The molecule has 174 valence electrons. The topological polar surface area (TPSA) is 90.7 Å². The number of esters is 1. The summed E-state index contributed by atoms with van der Waals surface area (Å²) >= 11 is 0. The first-order valence-corrected chi connectivity index (χ1v) is 10.8. The standard InChI is InChI=1S/C26H23FN2O5/c1-2-33-26(32)18-9-13-21(14-10-18)34-16-20(30)15-29-25(31)23-6-4-3-5-22(23)24(28-29)17-7-11-19(27)12-8-17/h3-14,20,30H,2,15-16H2,1H3. The van der Waals surface area contributed by atoms with Crippen LogP contribution in [0.1, 0.15) is 17.3 Å². The number of aliphatic hydroxyl groups excluding tert-OH is 1. The average Bonchev–Trinajstić information content (AvgIpc) is 2.85. The van der Waals surface area contributed by atoms with E-state index in [4.69, 9.17) is 9.47 Å². The van der Waals surface area contributed by atoms with Crippen LogP contribution >= 0.6 is 0 Å². The highest BCUT2D eigenvalue weighted by Crippen LogP contribution is 2.25. The third-order valence-corrected chi connectivity index (χ3v) is 5.18. The molecule has 7 nitrogen and oxygen atoms in total. The maximum absolute atomic E-state index is 13.4. The molecule has 4 aromatic rings. The number of hydrogen-bond donors (Lipinski definition) is 1. The van der Waals surface area contributed by atoms with Crippen LogP contribution in [-0.2, 0) is 11.3 Å². The van der Waals surface area contributed by atoms with Crippen molar-refractivity contribution in [2.24, 2.45) is 0 Å². The van der Waals surface area contributed by atoms with Crippen LogP contribution in [0.2, 0.25) is 0 Å². The Morgan fingerprint density at radius 2 is 1.71 bits per heavy atom. The predicted octanol–water partition coefficient (Wildman–Crippen LogP) is 3.82. The van der Waals surface area contributed by atoms with Crippen molar-refractivity contribution in [3.63, 3.8) is 0 Å². The molecule has 1 N–H and O–H groups in total. The molecule has 0 radical (unpaired) electrons. The molecule has 3 aromatic carbocycles. The molecule has 0 bridgehead atoms. The molecule has 0 saturated heterocycles. The van der Waals surface area contributed by atoms with Gasteiger partial charge in [-0.2, -0.15) is 5.10 Å². The van der Waals surface area contributed by atoms with Crippen LogP contribution in [0.4, 0.5) is 4.39 Å². The predicted molar refractivity (Wildman–Crippen MR) is 125 cm³/mol. The minimum atomic E-state index is -1.03. The van der Waals surface area contributed by atoms with Crippen LogP contribution < -0.4 is 10.3 Å². The number of carbonyl (C=O) groups excluding carboxylic acids is 1. The summed E-state index contributed by atoms with van der Waals surface area (Å²) in [6.07, 6.45) is -1.03. The van der Waals surface area contributed by atoms with E-state index in [0.717, 1.165) is 0 Å². The largest absolute Gasteiger partial charge is 0.491 e. The highest BCUT2D eigenvalue weighted by atomic mass is 19.1. The number of benzene rings is 3. The van der Waals surface area contributed by atoms with Gasteiger partial charge in [0.05, 0.1) is 29.8 Å². The van der Waals surface area contributed by atoms with Gasteiger partial charge in [-0.3, -0.25) is 4.79 Å². The van der Waals surface area contributed by atoms with Gasteiger partial charge in [0.1, 0.15) is 24.3 Å². The van der Waals surface area contributed by atoms with Gasteiger partial charge in [-0.15, -0.1) is 0 Å². The SMILES string of the molecule is CCOC(=O)c1ccc(OCC(O)Cn2nc(-c3ccc(F)cc3)c3ccccc3c2=O)cc1. The first-order chi connectivity index (χ1) is 16.5. The molecule has 0 spiro atoms. The van der Waals surface area contributed by atoms with Gasteiger partial charge < -0.3 is 14.6 Å². The van der Waals surface area contributed by atoms with E-state index in [9.17, 15) is 19.1 Å².